The standard InChI is InChI=1S/C19H25NO4/c1-4-9-20-14-10-11-5-6-13(23-3)16-15(11)18(2)17(24-16)12(21)7-8-19(14,18)22/h4-6,12,14,17,20-22H,1,7-10H2,2-3H3/t12-,14+,17?,18?,19+/m1/s1. The molecule has 1 saturated carbocycles. The number of aliphatic hydroxyl groups is 2. The Morgan fingerprint density at radius 2 is 2.29 bits per heavy atom. The lowest BCUT2D eigenvalue weighted by Crippen LogP contribution is -2.72. The highest BCUT2D eigenvalue weighted by Crippen LogP contribution is 2.61. The molecule has 0 saturated heterocycles. The SMILES string of the molecule is C=CCN[C@H]1Cc2ccc(OC)c3c2C2(C)C(O3)[C@H](O)CC[C@]12O. The second-order valence-electron chi connectivity index (χ2n) is 7.36. The van der Waals surface area contributed by atoms with E-state index in [0.717, 1.165) is 17.5 Å². The molecule has 5 nitrogen and oxygen atoms in total. The molecule has 4 rings (SSSR count). The zero-order valence-electron chi connectivity index (χ0n) is 14.2. The Kier molecular flexibility index (Phi) is 3.46. The van der Waals surface area contributed by atoms with Gasteiger partial charge >= 0.3 is 0 Å². The van der Waals surface area contributed by atoms with Crippen LogP contribution in [-0.4, -0.2) is 47.7 Å². The molecule has 0 amide bonds. The highest BCUT2D eigenvalue weighted by Gasteiger charge is 2.68. The first-order chi connectivity index (χ1) is 11.5. The number of aliphatic hydroxyl groups excluding tert-OH is 1. The molecule has 1 aromatic carbocycles. The van der Waals surface area contributed by atoms with Gasteiger partial charge in [0.15, 0.2) is 11.5 Å². The summed E-state index contributed by atoms with van der Waals surface area (Å²) in [5.41, 5.74) is 0.506. The summed E-state index contributed by atoms with van der Waals surface area (Å²) in [5, 5.41) is 25.7. The number of hydrogen-bond acceptors (Lipinski definition) is 5. The Labute approximate surface area is 142 Å². The van der Waals surface area contributed by atoms with Crippen LogP contribution in [-0.2, 0) is 11.8 Å². The van der Waals surface area contributed by atoms with Crippen molar-refractivity contribution < 1.29 is 19.7 Å². The van der Waals surface area contributed by atoms with Crippen molar-refractivity contribution >= 4 is 0 Å². The van der Waals surface area contributed by atoms with Crippen molar-refractivity contribution in [1.29, 1.82) is 0 Å². The zero-order valence-corrected chi connectivity index (χ0v) is 14.2. The molecule has 5 heteroatoms. The molecule has 130 valence electrons. The van der Waals surface area contributed by atoms with Crippen molar-refractivity contribution in [2.45, 2.75) is 55.5 Å². The van der Waals surface area contributed by atoms with E-state index in [-0.39, 0.29) is 6.04 Å². The Morgan fingerprint density at radius 1 is 1.50 bits per heavy atom. The molecular weight excluding hydrogens is 306 g/mol. The van der Waals surface area contributed by atoms with E-state index in [1.807, 2.05) is 13.0 Å². The molecule has 2 aliphatic carbocycles. The van der Waals surface area contributed by atoms with Gasteiger partial charge in [-0.25, -0.2) is 0 Å². The average Bonchev–Trinajstić information content (AvgIpc) is 2.91. The topological polar surface area (TPSA) is 71.0 Å². The van der Waals surface area contributed by atoms with Crippen LogP contribution in [0, 0.1) is 0 Å². The van der Waals surface area contributed by atoms with Crippen LogP contribution in [0.5, 0.6) is 11.5 Å². The van der Waals surface area contributed by atoms with Crippen LogP contribution in [0.25, 0.3) is 0 Å². The van der Waals surface area contributed by atoms with E-state index in [1.165, 1.54) is 0 Å². The lowest BCUT2D eigenvalue weighted by Gasteiger charge is -2.56. The van der Waals surface area contributed by atoms with E-state index < -0.39 is 23.2 Å². The fourth-order valence-electron chi connectivity index (χ4n) is 5.11. The van der Waals surface area contributed by atoms with E-state index in [0.29, 0.717) is 30.9 Å². The second-order valence-corrected chi connectivity index (χ2v) is 7.36. The second kappa shape index (κ2) is 5.22. The molecule has 1 fully saturated rings. The normalized spacial score (nSPS) is 39.1. The number of rotatable bonds is 4. The van der Waals surface area contributed by atoms with E-state index in [9.17, 15) is 10.2 Å². The maximum Gasteiger partial charge on any atom is 0.166 e. The number of benzene rings is 1. The quantitative estimate of drug-likeness (QED) is 0.726. The van der Waals surface area contributed by atoms with Gasteiger partial charge in [-0.3, -0.25) is 0 Å². The first-order valence-electron chi connectivity index (χ1n) is 8.59. The van der Waals surface area contributed by atoms with Gasteiger partial charge in [0.2, 0.25) is 0 Å². The summed E-state index contributed by atoms with van der Waals surface area (Å²) in [7, 11) is 1.62. The highest BCUT2D eigenvalue weighted by atomic mass is 16.5. The van der Waals surface area contributed by atoms with Crippen LogP contribution < -0.4 is 14.8 Å². The average molecular weight is 331 g/mol. The molecule has 3 aliphatic rings. The van der Waals surface area contributed by atoms with E-state index in [2.05, 4.69) is 18.0 Å². The molecule has 1 aliphatic heterocycles. The van der Waals surface area contributed by atoms with Gasteiger partial charge in [-0.05, 0) is 37.8 Å². The van der Waals surface area contributed by atoms with Crippen LogP contribution in [0.3, 0.4) is 0 Å². The van der Waals surface area contributed by atoms with Crippen molar-refractivity contribution in [1.82, 2.24) is 5.32 Å². The summed E-state index contributed by atoms with van der Waals surface area (Å²) in [6, 6.07) is 3.86. The lowest BCUT2D eigenvalue weighted by molar-refractivity contribution is -0.158. The van der Waals surface area contributed by atoms with E-state index in [4.69, 9.17) is 9.47 Å². The fourth-order valence-corrected chi connectivity index (χ4v) is 5.11. The largest absolute Gasteiger partial charge is 0.493 e. The maximum atomic E-state index is 11.7. The first kappa shape index (κ1) is 15.9. The van der Waals surface area contributed by atoms with Gasteiger partial charge < -0.3 is 25.0 Å². The molecule has 0 bridgehead atoms. The molecule has 1 aromatic rings. The molecule has 24 heavy (non-hydrogen) atoms. The minimum Gasteiger partial charge on any atom is -0.493 e. The van der Waals surface area contributed by atoms with E-state index >= 15 is 0 Å². The molecule has 0 radical (unpaired) electrons. The van der Waals surface area contributed by atoms with Crippen molar-refractivity contribution in [3.63, 3.8) is 0 Å². The third-order valence-electron chi connectivity index (χ3n) is 6.34. The van der Waals surface area contributed by atoms with E-state index in [1.54, 1.807) is 13.2 Å². The summed E-state index contributed by atoms with van der Waals surface area (Å²) in [4.78, 5) is 0. The van der Waals surface area contributed by atoms with Crippen LogP contribution in [0.2, 0.25) is 0 Å². The summed E-state index contributed by atoms with van der Waals surface area (Å²) < 4.78 is 11.6. The smallest absolute Gasteiger partial charge is 0.166 e. The van der Waals surface area contributed by atoms with Crippen LogP contribution in [0.15, 0.2) is 24.8 Å². The third kappa shape index (κ3) is 1.75. The molecule has 5 atom stereocenters. The van der Waals surface area contributed by atoms with Crippen molar-refractivity contribution in [3.05, 3.63) is 35.9 Å². The monoisotopic (exact) mass is 331 g/mol. The number of nitrogens with one attached hydrogen (secondary N) is 1. The van der Waals surface area contributed by atoms with Crippen molar-refractivity contribution in [3.8, 4) is 11.5 Å². The molecule has 1 heterocycles. The zero-order chi connectivity index (χ0) is 17.1. The van der Waals surface area contributed by atoms with Gasteiger partial charge in [0.1, 0.15) is 6.10 Å². The van der Waals surface area contributed by atoms with Gasteiger partial charge in [-0.15, -0.1) is 6.58 Å². The molecule has 0 aromatic heterocycles. The van der Waals surface area contributed by atoms with Crippen molar-refractivity contribution in [2.24, 2.45) is 0 Å². The molecule has 2 unspecified atom stereocenters. The molecule has 3 N–H and O–H groups in total. The van der Waals surface area contributed by atoms with Gasteiger partial charge in [0.05, 0.1) is 24.2 Å². The van der Waals surface area contributed by atoms with Crippen LogP contribution >= 0.6 is 0 Å². The van der Waals surface area contributed by atoms with Gasteiger partial charge in [0.25, 0.3) is 0 Å². The van der Waals surface area contributed by atoms with Crippen LogP contribution in [0.1, 0.15) is 30.9 Å². The minimum absolute atomic E-state index is 0.106. The minimum atomic E-state index is -0.982. The Bertz CT molecular complexity index is 690. The maximum absolute atomic E-state index is 11.7. The van der Waals surface area contributed by atoms with Gasteiger partial charge in [0, 0.05) is 18.2 Å². The lowest BCUT2D eigenvalue weighted by atomic mass is 9.52. The summed E-state index contributed by atoms with van der Waals surface area (Å²) in [6.45, 7) is 6.43. The number of ether oxygens (including phenoxy) is 2. The summed E-state index contributed by atoms with van der Waals surface area (Å²) >= 11 is 0. The Morgan fingerprint density at radius 3 is 3.00 bits per heavy atom. The third-order valence-corrected chi connectivity index (χ3v) is 6.34. The predicted molar refractivity (Wildman–Crippen MR) is 90.6 cm³/mol. The van der Waals surface area contributed by atoms with Gasteiger partial charge in [-0.2, -0.15) is 0 Å². The van der Waals surface area contributed by atoms with Gasteiger partial charge in [-0.1, -0.05) is 12.1 Å². The Hall–Kier alpha value is -1.56. The molecule has 0 spiro atoms. The fraction of sp³-hybridized carbons (Fsp3) is 0.579. The highest BCUT2D eigenvalue weighted by molar-refractivity contribution is 5.62. The first-order valence-corrected chi connectivity index (χ1v) is 8.59. The van der Waals surface area contributed by atoms with Crippen molar-refractivity contribution in [2.75, 3.05) is 13.7 Å². The predicted octanol–water partition coefficient (Wildman–Crippen LogP) is 1.30. The number of methoxy groups -OCH3 is 1. The summed E-state index contributed by atoms with van der Waals surface area (Å²) in [6.07, 6.45) is 2.52. The molecular formula is C19H25NO4. The summed E-state index contributed by atoms with van der Waals surface area (Å²) in [5.74, 6) is 1.35. The van der Waals surface area contributed by atoms with Crippen LogP contribution in [0.4, 0.5) is 0 Å². The Balaban J connectivity index is 1.92. The number of hydrogen-bond donors (Lipinski definition) is 3.